The first-order valence-corrected chi connectivity index (χ1v) is 6.87. The summed E-state index contributed by atoms with van der Waals surface area (Å²) in [5.41, 5.74) is 0. The van der Waals surface area contributed by atoms with Gasteiger partial charge in [-0.15, -0.1) is 40.3 Å². The third-order valence-electron chi connectivity index (χ3n) is 1.26. The minimum absolute atomic E-state index is 0. The molecule has 2 N–H and O–H groups in total. The van der Waals surface area contributed by atoms with Crippen LogP contribution in [0.2, 0.25) is 0 Å². The summed E-state index contributed by atoms with van der Waals surface area (Å²) in [6.45, 7) is 9.17. The van der Waals surface area contributed by atoms with E-state index in [1.165, 1.54) is 0 Å². The van der Waals surface area contributed by atoms with Gasteiger partial charge in [0.2, 0.25) is 0 Å². The molecule has 8 fully saturated rings. The Morgan fingerprint density at radius 2 is 0.341 bits per heavy atom. The molecule has 0 spiro atoms. The molecule has 0 aromatic carbocycles. The second-order valence-corrected chi connectivity index (χ2v) is 2.95. The van der Waals surface area contributed by atoms with E-state index in [1.54, 1.807) is 0 Å². The van der Waals surface area contributed by atoms with Crippen LogP contribution in [0.4, 0.5) is 0 Å². The van der Waals surface area contributed by atoms with Gasteiger partial charge in [0.15, 0.2) is 0 Å². The monoisotopic (exact) mass is 670 g/mol. The molecule has 0 radical (unpaired) electrons. The first-order valence-electron chi connectivity index (χ1n) is 6.87. The summed E-state index contributed by atoms with van der Waals surface area (Å²) in [6.07, 6.45) is 0. The third kappa shape index (κ3) is 58.4. The molecule has 8 saturated heterocycles. The van der Waals surface area contributed by atoms with Gasteiger partial charge in [-0.2, -0.15) is 0 Å². The SMILES string of the molecule is O=[C-]O.[CH-]1OOO1.[CH-]1OOO1.[CH-]1OOO1.[CH-]1OOO1.[CH-]1OOO1.[CH-]1OOO1.[CH-]1OOO1.[CH-]1OOO1.[Mg+2].[Mg+2].[Mg+2].[Mg+2].[Mg+2].[OH-]. The fourth-order valence-electron chi connectivity index (χ4n) is 0.314. The maximum Gasteiger partial charge on any atom is 2.00 e. The Morgan fingerprint density at radius 3 is 0.341 bits per heavy atom. The Balaban J connectivity index is -0.0000000624. The first-order chi connectivity index (χ1) is 17.4. The molecule has 32 heteroatoms. The summed E-state index contributed by atoms with van der Waals surface area (Å²) < 4.78 is 0. The summed E-state index contributed by atoms with van der Waals surface area (Å²) in [6, 6.07) is 0. The van der Waals surface area contributed by atoms with E-state index in [-0.39, 0.29) is 121 Å². The van der Waals surface area contributed by atoms with Crippen LogP contribution in [0.25, 0.3) is 0 Å². The molecule has 27 nitrogen and oxygen atoms in total. The zero-order chi connectivity index (χ0) is 25.3. The van der Waals surface area contributed by atoms with Gasteiger partial charge in [-0.3, -0.25) is 0 Å². The average Bonchev–Trinajstić information content (AvgIpc) is 2.30. The topological polar surface area (TPSA) is 289 Å². The molecule has 0 unspecified atom stereocenters. The van der Waals surface area contributed by atoms with Crippen molar-refractivity contribution in [2.45, 2.75) is 0 Å². The molecule has 8 aliphatic rings. The molecule has 218 valence electrons. The van der Waals surface area contributed by atoms with Gasteiger partial charge in [-0.05, 0) is 54.3 Å². The van der Waals surface area contributed by atoms with Gasteiger partial charge >= 0.3 is 115 Å². The van der Waals surface area contributed by atoms with Crippen LogP contribution in [0.1, 0.15) is 0 Å². The smallest absolute Gasteiger partial charge is 0.870 e. The largest absolute Gasteiger partial charge is 2.00 e. The van der Waals surface area contributed by atoms with Gasteiger partial charge in [-0.25, -0.2) is 0 Å². The Labute approximate surface area is 307 Å². The molecule has 0 aliphatic carbocycles. The second-order valence-electron chi connectivity index (χ2n) is 2.95. The van der Waals surface area contributed by atoms with Crippen molar-refractivity contribution in [3.05, 3.63) is 54.3 Å². The Bertz CT molecular complexity index is 248. The summed E-state index contributed by atoms with van der Waals surface area (Å²) in [4.78, 5) is 70.2. The summed E-state index contributed by atoms with van der Waals surface area (Å²) >= 11 is 0. The van der Waals surface area contributed by atoms with Crippen molar-refractivity contribution in [1.29, 1.82) is 0 Å². The summed E-state index contributed by atoms with van der Waals surface area (Å²) in [5, 5.41) is 36.1. The van der Waals surface area contributed by atoms with Crippen LogP contribution in [-0.2, 0) is 123 Å². The zero-order valence-corrected chi connectivity index (χ0v) is 26.8. The van der Waals surface area contributed by atoms with E-state index in [2.05, 4.69) is 119 Å². The number of hydrogen-bond acceptors (Lipinski definition) is 26. The number of hydrogen-bond donors (Lipinski definition) is 1. The molecule has 8 aliphatic heterocycles. The summed E-state index contributed by atoms with van der Waals surface area (Å²) in [5.74, 6) is 0. The van der Waals surface area contributed by atoms with Crippen molar-refractivity contribution >= 4 is 122 Å². The minimum Gasteiger partial charge on any atom is -0.870 e. The molecular weight excluding hydrogens is 662 g/mol. The molecular formula is C9H10Mg5O27. The van der Waals surface area contributed by atoms with Crippen LogP contribution < -0.4 is 0 Å². The molecule has 8 heterocycles. The number of rotatable bonds is 0. The van der Waals surface area contributed by atoms with Crippen LogP contribution in [-0.4, -0.2) is 132 Å². The van der Waals surface area contributed by atoms with Crippen molar-refractivity contribution < 1.29 is 134 Å². The molecule has 0 aromatic heterocycles. The van der Waals surface area contributed by atoms with Gasteiger partial charge in [-0.1, -0.05) is 6.47 Å². The standard InChI is InChI=1S/8CHO3.CHO2.5Mg.H2O/c8*1-2-4-3-1;2-1-3;;;;;;/h8*1H;(H,2,3);;;;;;1H2/q9*-1;5*+2;/p-1. The van der Waals surface area contributed by atoms with Gasteiger partial charge in [0, 0.05) is 0 Å². The normalized spacial score (nSPS) is 19.0. The van der Waals surface area contributed by atoms with E-state index in [9.17, 15) is 0 Å². The van der Waals surface area contributed by atoms with E-state index < -0.39 is 0 Å². The van der Waals surface area contributed by atoms with E-state index in [4.69, 9.17) is 9.90 Å². The molecule has 0 saturated carbocycles. The van der Waals surface area contributed by atoms with Crippen LogP contribution >= 0.6 is 0 Å². The van der Waals surface area contributed by atoms with Gasteiger partial charge < -0.3 is 93.6 Å². The summed E-state index contributed by atoms with van der Waals surface area (Å²) in [7, 11) is 0. The second kappa shape index (κ2) is 57.9. The third-order valence-corrected chi connectivity index (χ3v) is 1.26. The molecule has 41 heavy (non-hydrogen) atoms. The molecule has 0 bridgehead atoms. The predicted molar refractivity (Wildman–Crippen MR) is 99.5 cm³/mol. The Kier molecular flexibility index (Phi) is 83.0. The predicted octanol–water partition coefficient (Wildman–Crippen LogP) is -2.48. The molecule has 0 atom stereocenters. The van der Waals surface area contributed by atoms with Gasteiger partial charge in [0.05, 0.1) is 0 Å². The molecule has 0 amide bonds. The minimum atomic E-state index is 0. The van der Waals surface area contributed by atoms with Crippen LogP contribution in [0.15, 0.2) is 0 Å². The van der Waals surface area contributed by atoms with Gasteiger partial charge in [0.1, 0.15) is 0 Å². The van der Waals surface area contributed by atoms with Crippen molar-refractivity contribution in [2.24, 2.45) is 0 Å². The van der Waals surface area contributed by atoms with E-state index in [1.807, 2.05) is 0 Å². The zero-order valence-electron chi connectivity index (χ0n) is 19.8. The first kappa shape index (κ1) is 58.8. The maximum atomic E-state index is 8.24. The van der Waals surface area contributed by atoms with Crippen LogP contribution in [0.3, 0.4) is 0 Å². The van der Waals surface area contributed by atoms with Crippen molar-refractivity contribution in [3.63, 3.8) is 0 Å². The molecule has 8 rings (SSSR count). The van der Waals surface area contributed by atoms with Crippen molar-refractivity contribution in [1.82, 2.24) is 0 Å². The quantitative estimate of drug-likeness (QED) is 0.158. The Hall–Kier alpha value is 2.30. The van der Waals surface area contributed by atoms with Crippen molar-refractivity contribution in [2.75, 3.05) is 0 Å². The van der Waals surface area contributed by atoms with Crippen LogP contribution in [0, 0.1) is 54.3 Å². The number of aliphatic hydroxyl groups excluding tert-OH is 1. The van der Waals surface area contributed by atoms with E-state index in [0.717, 1.165) is 54.3 Å². The van der Waals surface area contributed by atoms with Gasteiger partial charge in [0.25, 0.3) is 0 Å². The fraction of sp³-hybridized carbons (Fsp3) is 0. The Morgan fingerprint density at radius 1 is 0.317 bits per heavy atom. The maximum absolute atomic E-state index is 8.24. The average molecular weight is 672 g/mol. The van der Waals surface area contributed by atoms with E-state index in [0.29, 0.717) is 6.47 Å². The van der Waals surface area contributed by atoms with Crippen LogP contribution in [0.5, 0.6) is 0 Å². The fourth-order valence-corrected chi connectivity index (χ4v) is 0.314. The van der Waals surface area contributed by atoms with Crippen molar-refractivity contribution in [3.8, 4) is 0 Å². The molecule has 0 aromatic rings. The van der Waals surface area contributed by atoms with E-state index >= 15 is 0 Å².